The van der Waals surface area contributed by atoms with Crippen LogP contribution in [0.4, 0.5) is 0 Å². The van der Waals surface area contributed by atoms with Crippen LogP contribution in [0, 0.1) is 0 Å². The fraction of sp³-hybridized carbons (Fsp3) is 0.222. The molecule has 0 heterocycles. The second kappa shape index (κ2) is 5.58. The second-order valence-electron chi connectivity index (χ2n) is 2.53. The highest BCUT2D eigenvalue weighted by Gasteiger charge is 2.20. The van der Waals surface area contributed by atoms with Crippen LogP contribution in [0.1, 0.15) is 6.92 Å². The van der Waals surface area contributed by atoms with Crippen LogP contribution in [0.2, 0.25) is 0 Å². The van der Waals surface area contributed by atoms with Crippen LogP contribution in [-0.4, -0.2) is 34.2 Å². The minimum atomic E-state index is -1.46. The summed E-state index contributed by atoms with van der Waals surface area (Å²) in [6, 6.07) is 0. The lowest BCUT2D eigenvalue weighted by molar-refractivity contribution is -0.143. The predicted molar refractivity (Wildman–Crippen MR) is 49.1 cm³/mol. The molecular weight excluding hydrogens is 204 g/mol. The van der Waals surface area contributed by atoms with E-state index in [9.17, 15) is 14.4 Å². The zero-order chi connectivity index (χ0) is 12.0. The molecule has 15 heavy (non-hydrogen) atoms. The zero-order valence-corrected chi connectivity index (χ0v) is 7.97. The first-order chi connectivity index (χ1) is 6.88. The normalized spacial score (nSPS) is 12.7. The molecule has 0 bridgehead atoms. The van der Waals surface area contributed by atoms with Gasteiger partial charge in [0.1, 0.15) is 6.10 Å². The van der Waals surface area contributed by atoms with Gasteiger partial charge < -0.3 is 14.9 Å². The molecular formula is C9H10O6. The Kier molecular flexibility index (Phi) is 4.80. The van der Waals surface area contributed by atoms with Gasteiger partial charge in [-0.25, -0.2) is 14.4 Å². The van der Waals surface area contributed by atoms with Gasteiger partial charge in [0.2, 0.25) is 0 Å². The maximum absolute atomic E-state index is 10.7. The summed E-state index contributed by atoms with van der Waals surface area (Å²) in [6.07, 6.45) is 0.184. The molecule has 0 aromatic carbocycles. The quantitative estimate of drug-likeness (QED) is 0.500. The molecule has 0 radical (unpaired) electrons. The summed E-state index contributed by atoms with van der Waals surface area (Å²) in [5.41, 5.74) is -0.516. The fourth-order valence-corrected chi connectivity index (χ4v) is 0.772. The highest BCUT2D eigenvalue weighted by Crippen LogP contribution is 2.07. The van der Waals surface area contributed by atoms with Crippen LogP contribution < -0.4 is 0 Å². The van der Waals surface area contributed by atoms with E-state index in [4.69, 9.17) is 10.2 Å². The molecule has 0 spiro atoms. The molecule has 1 unspecified atom stereocenters. The molecule has 0 aliphatic heterocycles. The molecule has 0 saturated carbocycles. The van der Waals surface area contributed by atoms with Crippen molar-refractivity contribution in [3.05, 3.63) is 24.3 Å². The van der Waals surface area contributed by atoms with E-state index in [1.807, 2.05) is 0 Å². The number of carboxylic acid groups (broad SMARTS) is 2. The summed E-state index contributed by atoms with van der Waals surface area (Å²) in [5, 5.41) is 17.0. The highest BCUT2D eigenvalue weighted by atomic mass is 16.5. The Labute approximate surface area is 85.5 Å². The molecule has 6 heteroatoms. The van der Waals surface area contributed by atoms with Gasteiger partial charge in [-0.05, 0) is 6.92 Å². The number of esters is 1. The van der Waals surface area contributed by atoms with E-state index >= 15 is 0 Å². The van der Waals surface area contributed by atoms with Gasteiger partial charge in [-0.15, -0.1) is 0 Å². The average molecular weight is 214 g/mol. The van der Waals surface area contributed by atoms with Crippen molar-refractivity contribution in [2.75, 3.05) is 0 Å². The zero-order valence-electron chi connectivity index (χ0n) is 7.97. The summed E-state index contributed by atoms with van der Waals surface area (Å²) >= 11 is 0. The van der Waals surface area contributed by atoms with Crippen LogP contribution in [0.15, 0.2) is 24.3 Å². The maximum atomic E-state index is 10.7. The summed E-state index contributed by atoms with van der Waals surface area (Å²) in [6.45, 7) is 4.38. The molecule has 0 rings (SSSR count). The van der Waals surface area contributed by atoms with Gasteiger partial charge in [0.25, 0.3) is 0 Å². The molecule has 0 aromatic heterocycles. The lowest BCUT2D eigenvalue weighted by atomic mass is 10.1. The Morgan fingerprint density at radius 3 is 2.20 bits per heavy atom. The van der Waals surface area contributed by atoms with Gasteiger partial charge in [0.05, 0.1) is 5.57 Å². The number of ether oxygens (including phenoxy) is 1. The number of hydrogen-bond donors (Lipinski definition) is 2. The van der Waals surface area contributed by atoms with Crippen molar-refractivity contribution in [2.24, 2.45) is 0 Å². The molecule has 0 aliphatic carbocycles. The number of carbonyl (C=O) groups excluding carboxylic acids is 1. The van der Waals surface area contributed by atoms with Crippen molar-refractivity contribution >= 4 is 17.9 Å². The van der Waals surface area contributed by atoms with Crippen LogP contribution in [-0.2, 0) is 19.1 Å². The van der Waals surface area contributed by atoms with E-state index in [0.29, 0.717) is 6.08 Å². The molecule has 2 N–H and O–H groups in total. The molecule has 0 amide bonds. The van der Waals surface area contributed by atoms with E-state index < -0.39 is 29.6 Å². The van der Waals surface area contributed by atoms with Crippen LogP contribution >= 0.6 is 0 Å². The van der Waals surface area contributed by atoms with E-state index in [0.717, 1.165) is 6.08 Å². The van der Waals surface area contributed by atoms with Gasteiger partial charge in [0.15, 0.2) is 0 Å². The summed E-state index contributed by atoms with van der Waals surface area (Å²) < 4.78 is 4.55. The minimum Gasteiger partial charge on any atom is -0.478 e. The Balaban J connectivity index is 4.79. The van der Waals surface area contributed by atoms with Crippen molar-refractivity contribution in [1.29, 1.82) is 0 Å². The number of rotatable bonds is 5. The summed E-state index contributed by atoms with van der Waals surface area (Å²) in [4.78, 5) is 31.6. The third kappa shape index (κ3) is 4.61. The van der Waals surface area contributed by atoms with E-state index in [1.165, 1.54) is 6.92 Å². The number of carbonyl (C=O) groups is 3. The largest absolute Gasteiger partial charge is 0.478 e. The number of aliphatic carboxylic acids is 2. The van der Waals surface area contributed by atoms with Gasteiger partial charge in [0, 0.05) is 12.2 Å². The standard InChI is InChI=1S/C9H10O6/c1-3-8(12)15-5(2)6(9(13)14)4-7(10)11/h3-5H,1H2,2H3,(H,10,11)(H,13,14)/b6-4-. The maximum Gasteiger partial charge on any atom is 0.335 e. The number of hydrogen-bond acceptors (Lipinski definition) is 4. The van der Waals surface area contributed by atoms with Gasteiger partial charge in [-0.1, -0.05) is 6.58 Å². The first-order valence-corrected chi connectivity index (χ1v) is 3.89. The van der Waals surface area contributed by atoms with Gasteiger partial charge in [-0.2, -0.15) is 0 Å². The third-order valence-corrected chi connectivity index (χ3v) is 1.42. The molecule has 0 saturated heterocycles. The Morgan fingerprint density at radius 1 is 1.33 bits per heavy atom. The van der Waals surface area contributed by atoms with Gasteiger partial charge >= 0.3 is 17.9 Å². The smallest absolute Gasteiger partial charge is 0.335 e. The fourth-order valence-electron chi connectivity index (χ4n) is 0.772. The molecule has 6 nitrogen and oxygen atoms in total. The van der Waals surface area contributed by atoms with Crippen LogP contribution in [0.3, 0.4) is 0 Å². The Morgan fingerprint density at radius 2 is 1.87 bits per heavy atom. The highest BCUT2D eigenvalue weighted by molar-refractivity contribution is 5.96. The lowest BCUT2D eigenvalue weighted by Crippen LogP contribution is -2.21. The first-order valence-electron chi connectivity index (χ1n) is 3.89. The molecule has 82 valence electrons. The van der Waals surface area contributed by atoms with Crippen molar-refractivity contribution in [3.63, 3.8) is 0 Å². The molecule has 0 aromatic rings. The third-order valence-electron chi connectivity index (χ3n) is 1.42. The molecule has 0 aliphatic rings. The van der Waals surface area contributed by atoms with Crippen molar-refractivity contribution in [3.8, 4) is 0 Å². The van der Waals surface area contributed by atoms with Crippen molar-refractivity contribution in [1.82, 2.24) is 0 Å². The second-order valence-corrected chi connectivity index (χ2v) is 2.53. The van der Waals surface area contributed by atoms with Gasteiger partial charge in [-0.3, -0.25) is 0 Å². The predicted octanol–water partition coefficient (Wildman–Crippen LogP) is 0.200. The first kappa shape index (κ1) is 12.9. The van der Waals surface area contributed by atoms with E-state index in [-0.39, 0.29) is 0 Å². The SMILES string of the molecule is C=CC(=O)OC(C)/C(=C/C(=O)O)C(=O)O. The summed E-state index contributed by atoms with van der Waals surface area (Å²) in [7, 11) is 0. The monoisotopic (exact) mass is 214 g/mol. The molecule has 0 fully saturated rings. The van der Waals surface area contributed by atoms with Crippen molar-refractivity contribution < 1.29 is 29.3 Å². The lowest BCUT2D eigenvalue weighted by Gasteiger charge is -2.11. The van der Waals surface area contributed by atoms with E-state index in [2.05, 4.69) is 11.3 Å². The van der Waals surface area contributed by atoms with Crippen molar-refractivity contribution in [2.45, 2.75) is 13.0 Å². The summed E-state index contributed by atoms with van der Waals surface area (Å²) in [5.74, 6) is -3.70. The van der Waals surface area contributed by atoms with E-state index in [1.54, 1.807) is 0 Å². The topological polar surface area (TPSA) is 101 Å². The van der Waals surface area contributed by atoms with Crippen LogP contribution in [0.5, 0.6) is 0 Å². The minimum absolute atomic E-state index is 0.476. The molecule has 1 atom stereocenters. The average Bonchev–Trinajstić information content (AvgIpc) is 2.12. The Hall–Kier alpha value is -2.11. The number of carboxylic acids is 2. The van der Waals surface area contributed by atoms with Crippen LogP contribution in [0.25, 0.3) is 0 Å². The Bertz CT molecular complexity index is 327.